The first kappa shape index (κ1) is 23.6. The molecule has 0 radical (unpaired) electrons. The number of hydrogen-bond donors (Lipinski definition) is 0. The molecule has 1 saturated heterocycles. The molecule has 0 bridgehead atoms. The number of halogens is 2. The monoisotopic (exact) mass is 493 g/mol. The van der Waals surface area contributed by atoms with Crippen LogP contribution in [0.15, 0.2) is 35.7 Å². The fraction of sp³-hybridized carbons (Fsp3) is 0.500. The second-order valence-corrected chi connectivity index (χ2v) is 10.9. The molecule has 0 saturated carbocycles. The van der Waals surface area contributed by atoms with Gasteiger partial charge in [0.1, 0.15) is 0 Å². The summed E-state index contributed by atoms with van der Waals surface area (Å²) in [7, 11) is 0. The van der Waals surface area contributed by atoms with Gasteiger partial charge < -0.3 is 9.80 Å². The van der Waals surface area contributed by atoms with Crippen LogP contribution in [0.2, 0.25) is 5.02 Å². The number of hydrogen-bond acceptors (Lipinski definition) is 4. The van der Waals surface area contributed by atoms with Gasteiger partial charge in [-0.25, -0.2) is 0 Å². The van der Waals surface area contributed by atoms with E-state index in [4.69, 9.17) is 23.2 Å². The van der Waals surface area contributed by atoms with Crippen LogP contribution in [0.4, 0.5) is 0 Å². The summed E-state index contributed by atoms with van der Waals surface area (Å²) in [4.78, 5) is 33.3. The Morgan fingerprint density at radius 3 is 2.34 bits per heavy atom. The van der Waals surface area contributed by atoms with Crippen LogP contribution in [0.3, 0.4) is 0 Å². The number of nitrogens with zero attached hydrogens (tertiary/aromatic N) is 3. The van der Waals surface area contributed by atoms with Crippen LogP contribution in [-0.4, -0.2) is 71.7 Å². The van der Waals surface area contributed by atoms with E-state index in [0.29, 0.717) is 37.7 Å². The third-order valence-electron chi connectivity index (χ3n) is 6.42. The quantitative estimate of drug-likeness (QED) is 0.583. The van der Waals surface area contributed by atoms with E-state index in [1.54, 1.807) is 11.3 Å². The fourth-order valence-corrected chi connectivity index (χ4v) is 5.64. The highest BCUT2D eigenvalue weighted by molar-refractivity contribution is 7.10. The van der Waals surface area contributed by atoms with Crippen molar-refractivity contribution in [3.8, 4) is 0 Å². The van der Waals surface area contributed by atoms with Gasteiger partial charge in [0.15, 0.2) is 0 Å². The number of fused-ring (bicyclic) bond motifs is 1. The van der Waals surface area contributed by atoms with Gasteiger partial charge in [-0.3, -0.25) is 14.5 Å². The minimum absolute atomic E-state index is 0.0543. The van der Waals surface area contributed by atoms with Crippen molar-refractivity contribution < 1.29 is 9.59 Å². The highest BCUT2D eigenvalue weighted by Crippen LogP contribution is 2.38. The zero-order chi connectivity index (χ0) is 22.9. The Morgan fingerprint density at radius 1 is 1.03 bits per heavy atom. The molecule has 1 aromatic heterocycles. The molecule has 2 aliphatic heterocycles. The molecular weight excluding hydrogens is 465 g/mol. The summed E-state index contributed by atoms with van der Waals surface area (Å²) >= 11 is 13.9. The van der Waals surface area contributed by atoms with Gasteiger partial charge in [-0.1, -0.05) is 23.7 Å². The van der Waals surface area contributed by atoms with E-state index in [2.05, 4.69) is 28.5 Å². The van der Waals surface area contributed by atoms with E-state index in [9.17, 15) is 9.59 Å². The summed E-state index contributed by atoms with van der Waals surface area (Å²) in [5.74, 6) is 0.464. The molecule has 1 aromatic carbocycles. The van der Waals surface area contributed by atoms with Gasteiger partial charge >= 0.3 is 0 Å². The topological polar surface area (TPSA) is 43.9 Å². The lowest BCUT2D eigenvalue weighted by molar-refractivity contribution is -0.145. The Balaban J connectivity index is 1.43. The number of amides is 2. The molecule has 8 heteroatoms. The zero-order valence-corrected chi connectivity index (χ0v) is 20.8. The number of carbonyl (C=O) groups is 2. The summed E-state index contributed by atoms with van der Waals surface area (Å²) in [6, 6.07) is 10.2. The predicted octanol–water partition coefficient (Wildman–Crippen LogP) is 4.28. The largest absolute Gasteiger partial charge is 0.339 e. The third kappa shape index (κ3) is 4.84. The molecule has 1 fully saturated rings. The smallest absolute Gasteiger partial charge is 0.236 e. The maximum atomic E-state index is 13.2. The van der Waals surface area contributed by atoms with Gasteiger partial charge in [-0.15, -0.1) is 22.9 Å². The fourth-order valence-electron chi connectivity index (χ4n) is 4.49. The Kier molecular flexibility index (Phi) is 7.15. The van der Waals surface area contributed by atoms with E-state index in [1.807, 2.05) is 35.8 Å². The molecule has 1 atom stereocenters. The predicted molar refractivity (Wildman–Crippen MR) is 131 cm³/mol. The molecule has 5 nitrogen and oxygen atoms in total. The van der Waals surface area contributed by atoms with Crippen LogP contribution in [0.5, 0.6) is 0 Å². The zero-order valence-electron chi connectivity index (χ0n) is 18.5. The van der Waals surface area contributed by atoms with Crippen LogP contribution in [0.1, 0.15) is 35.9 Å². The van der Waals surface area contributed by atoms with E-state index in [0.717, 1.165) is 18.5 Å². The SMILES string of the molecule is CC(C)(CCl)C(=O)N1CCN(C(=O)CN2CCc3sccc3C2c2ccc(Cl)cc2)CC1. The average molecular weight is 494 g/mol. The van der Waals surface area contributed by atoms with Crippen LogP contribution in [0, 0.1) is 5.41 Å². The molecule has 0 aliphatic carbocycles. The molecule has 1 unspecified atom stereocenters. The van der Waals surface area contributed by atoms with Gasteiger partial charge in [0, 0.05) is 48.5 Å². The van der Waals surface area contributed by atoms with Crippen LogP contribution >= 0.6 is 34.5 Å². The van der Waals surface area contributed by atoms with E-state index in [-0.39, 0.29) is 23.7 Å². The summed E-state index contributed by atoms with van der Waals surface area (Å²) in [6.45, 7) is 7.18. The molecule has 4 rings (SSSR count). The summed E-state index contributed by atoms with van der Waals surface area (Å²) in [5, 5.41) is 2.85. The van der Waals surface area contributed by atoms with Crippen molar-refractivity contribution in [1.29, 1.82) is 0 Å². The molecule has 2 aromatic rings. The van der Waals surface area contributed by atoms with Gasteiger partial charge in [0.25, 0.3) is 0 Å². The second kappa shape index (κ2) is 9.72. The Labute approximate surface area is 203 Å². The molecule has 172 valence electrons. The van der Waals surface area contributed by atoms with Crippen molar-refractivity contribution in [3.05, 3.63) is 56.7 Å². The Bertz CT molecular complexity index is 968. The maximum Gasteiger partial charge on any atom is 0.236 e. The maximum absolute atomic E-state index is 13.2. The van der Waals surface area contributed by atoms with Crippen molar-refractivity contribution in [2.75, 3.05) is 45.1 Å². The number of rotatable bonds is 5. The van der Waals surface area contributed by atoms with Crippen molar-refractivity contribution in [3.63, 3.8) is 0 Å². The highest BCUT2D eigenvalue weighted by atomic mass is 35.5. The van der Waals surface area contributed by atoms with Gasteiger partial charge in [-0.2, -0.15) is 0 Å². The molecule has 32 heavy (non-hydrogen) atoms. The van der Waals surface area contributed by atoms with Gasteiger partial charge in [-0.05, 0) is 55.0 Å². The summed E-state index contributed by atoms with van der Waals surface area (Å²) < 4.78 is 0. The first-order chi connectivity index (χ1) is 15.3. The van der Waals surface area contributed by atoms with Crippen LogP contribution in [-0.2, 0) is 16.0 Å². The molecule has 2 aliphatic rings. The van der Waals surface area contributed by atoms with Gasteiger partial charge in [0.2, 0.25) is 11.8 Å². The van der Waals surface area contributed by atoms with E-state index >= 15 is 0 Å². The molecule has 2 amide bonds. The van der Waals surface area contributed by atoms with E-state index < -0.39 is 5.41 Å². The average Bonchev–Trinajstić information content (AvgIpc) is 3.28. The normalized spacial score (nSPS) is 19.7. The van der Waals surface area contributed by atoms with Crippen molar-refractivity contribution in [1.82, 2.24) is 14.7 Å². The van der Waals surface area contributed by atoms with Crippen molar-refractivity contribution >= 4 is 46.4 Å². The van der Waals surface area contributed by atoms with Crippen LogP contribution in [0.25, 0.3) is 0 Å². The number of carbonyl (C=O) groups excluding carboxylic acids is 2. The number of benzene rings is 1. The van der Waals surface area contributed by atoms with Crippen molar-refractivity contribution in [2.45, 2.75) is 26.3 Å². The molecule has 0 N–H and O–H groups in total. The second-order valence-electron chi connectivity index (χ2n) is 9.16. The number of piperazine rings is 1. The van der Waals surface area contributed by atoms with E-state index in [1.165, 1.54) is 10.4 Å². The van der Waals surface area contributed by atoms with Crippen molar-refractivity contribution in [2.24, 2.45) is 5.41 Å². The Morgan fingerprint density at radius 2 is 1.69 bits per heavy atom. The van der Waals surface area contributed by atoms with Gasteiger partial charge in [0.05, 0.1) is 18.0 Å². The lowest BCUT2D eigenvalue weighted by Crippen LogP contribution is -2.55. The Hall–Kier alpha value is -1.60. The third-order valence-corrected chi connectivity index (χ3v) is 8.34. The minimum atomic E-state index is -0.578. The molecule has 3 heterocycles. The summed E-state index contributed by atoms with van der Waals surface area (Å²) in [6.07, 6.45) is 0.958. The lowest BCUT2D eigenvalue weighted by Gasteiger charge is -2.40. The first-order valence-corrected chi connectivity index (χ1v) is 12.8. The lowest BCUT2D eigenvalue weighted by atomic mass is 9.93. The number of thiophene rings is 1. The molecule has 0 spiro atoms. The molecular formula is C24H29Cl2N3O2S. The minimum Gasteiger partial charge on any atom is -0.339 e. The van der Waals surface area contributed by atoms with Crippen LogP contribution < -0.4 is 0 Å². The summed E-state index contributed by atoms with van der Waals surface area (Å²) in [5.41, 5.74) is 1.86. The standard InChI is InChI=1S/C24H29Cl2N3O2S/c1-24(2,16-25)23(31)28-12-10-27(11-13-28)21(30)15-29-9-7-20-19(8-14-32-20)22(29)17-3-5-18(26)6-4-17/h3-6,8,14,22H,7,9-13,15-16H2,1-2H3. The first-order valence-electron chi connectivity index (χ1n) is 11.0. The highest BCUT2D eigenvalue weighted by Gasteiger charge is 2.35. The number of alkyl halides is 1.